The van der Waals surface area contributed by atoms with Gasteiger partial charge in [0.05, 0.1) is 11.8 Å². The monoisotopic (exact) mass is 304 g/mol. The van der Waals surface area contributed by atoms with Gasteiger partial charge in [-0.15, -0.1) is 11.3 Å². The Morgan fingerprint density at radius 3 is 3.00 bits per heavy atom. The van der Waals surface area contributed by atoms with Crippen molar-refractivity contribution in [3.8, 4) is 0 Å². The summed E-state index contributed by atoms with van der Waals surface area (Å²) >= 11 is 1.44. The van der Waals surface area contributed by atoms with E-state index in [1.165, 1.54) is 11.3 Å². The third-order valence-electron chi connectivity index (χ3n) is 4.16. The minimum Gasteiger partial charge on any atom is -0.397 e. The van der Waals surface area contributed by atoms with E-state index in [4.69, 9.17) is 5.73 Å². The number of nitrogens with one attached hydrogen (secondary N) is 1. The van der Waals surface area contributed by atoms with Gasteiger partial charge in [-0.25, -0.2) is 0 Å². The second kappa shape index (κ2) is 5.66. The summed E-state index contributed by atoms with van der Waals surface area (Å²) in [5.74, 6) is 0.273. The molecule has 0 bridgehead atoms. The van der Waals surface area contributed by atoms with E-state index < -0.39 is 0 Å². The second-order valence-corrected chi connectivity index (χ2v) is 6.94. The lowest BCUT2D eigenvalue weighted by Gasteiger charge is -2.10. The number of rotatable bonds is 3. The van der Waals surface area contributed by atoms with E-state index in [-0.39, 0.29) is 12.0 Å². The number of anilines is 1. The van der Waals surface area contributed by atoms with Gasteiger partial charge in [-0.1, -0.05) is 12.1 Å². The molecule has 1 saturated carbocycles. The third-order valence-corrected chi connectivity index (χ3v) is 5.32. The first-order valence-electron chi connectivity index (χ1n) is 7.29. The van der Waals surface area contributed by atoms with Crippen LogP contribution in [-0.2, 0) is 0 Å². The maximum Gasteiger partial charge on any atom is 0.263 e. The Balaban J connectivity index is 1.74. The Morgan fingerprint density at radius 1 is 1.48 bits per heavy atom. The van der Waals surface area contributed by atoms with Crippen LogP contribution in [0.15, 0.2) is 18.2 Å². The normalized spacial score (nSPS) is 21.8. The maximum absolute atomic E-state index is 12.3. The molecule has 112 valence electrons. The van der Waals surface area contributed by atoms with Crippen molar-refractivity contribution in [2.24, 2.45) is 5.92 Å². The number of thiophene rings is 1. The second-order valence-electron chi connectivity index (χ2n) is 5.89. The molecule has 4 nitrogen and oxygen atoms in total. The Kier molecular flexibility index (Phi) is 3.87. The molecule has 0 spiro atoms. The van der Waals surface area contributed by atoms with Crippen LogP contribution in [0.4, 0.5) is 5.69 Å². The summed E-state index contributed by atoms with van der Waals surface area (Å²) in [6, 6.07) is 6.04. The average molecular weight is 304 g/mol. The van der Waals surface area contributed by atoms with Gasteiger partial charge in [-0.2, -0.15) is 0 Å². The van der Waals surface area contributed by atoms with Crippen LogP contribution in [0.5, 0.6) is 0 Å². The molecule has 0 aliphatic heterocycles. The number of fused-ring (bicyclic) bond motifs is 1. The van der Waals surface area contributed by atoms with E-state index in [0.717, 1.165) is 34.9 Å². The van der Waals surface area contributed by atoms with E-state index in [1.54, 1.807) is 0 Å². The van der Waals surface area contributed by atoms with Gasteiger partial charge in [-0.05, 0) is 43.7 Å². The fraction of sp³-hybridized carbons (Fsp3) is 0.438. The van der Waals surface area contributed by atoms with Crippen LogP contribution in [0, 0.1) is 12.8 Å². The summed E-state index contributed by atoms with van der Waals surface area (Å²) in [5, 5.41) is 13.4. The smallest absolute Gasteiger partial charge is 0.263 e. The molecule has 3 rings (SSSR count). The number of aryl methyl sites for hydroxylation is 1. The van der Waals surface area contributed by atoms with Crippen LogP contribution in [0.2, 0.25) is 0 Å². The van der Waals surface area contributed by atoms with E-state index in [2.05, 4.69) is 11.4 Å². The number of amides is 1. The number of nitrogens with two attached hydrogens (primary N) is 1. The number of carbonyl (C=O) groups is 1. The van der Waals surface area contributed by atoms with Crippen molar-refractivity contribution in [1.82, 2.24) is 5.32 Å². The highest BCUT2D eigenvalue weighted by Crippen LogP contribution is 2.34. The summed E-state index contributed by atoms with van der Waals surface area (Å²) in [6.07, 6.45) is 2.39. The molecule has 1 aliphatic rings. The molecule has 1 heterocycles. The SMILES string of the molecule is Cc1ccc2c(N)c(C(=O)NCC3CCC(O)C3)sc2c1. The van der Waals surface area contributed by atoms with Crippen LogP contribution >= 0.6 is 11.3 Å². The molecule has 1 aromatic heterocycles. The molecule has 0 radical (unpaired) electrons. The number of aliphatic hydroxyl groups excluding tert-OH is 1. The average Bonchev–Trinajstić information content (AvgIpc) is 3.00. The number of benzene rings is 1. The third kappa shape index (κ3) is 2.89. The van der Waals surface area contributed by atoms with Crippen molar-refractivity contribution in [2.45, 2.75) is 32.3 Å². The van der Waals surface area contributed by atoms with Crippen LogP contribution in [0.1, 0.15) is 34.5 Å². The van der Waals surface area contributed by atoms with Crippen molar-refractivity contribution < 1.29 is 9.90 Å². The summed E-state index contributed by atoms with van der Waals surface area (Å²) in [7, 11) is 0. The first-order valence-corrected chi connectivity index (χ1v) is 8.11. The predicted octanol–water partition coefficient (Wildman–Crippen LogP) is 2.68. The predicted molar refractivity (Wildman–Crippen MR) is 86.7 cm³/mol. The zero-order valence-electron chi connectivity index (χ0n) is 12.1. The van der Waals surface area contributed by atoms with Crippen LogP contribution in [0.3, 0.4) is 0 Å². The first kappa shape index (κ1) is 14.4. The molecule has 21 heavy (non-hydrogen) atoms. The van der Waals surface area contributed by atoms with E-state index >= 15 is 0 Å². The molecule has 2 unspecified atom stereocenters. The Morgan fingerprint density at radius 2 is 2.29 bits per heavy atom. The Hall–Kier alpha value is -1.59. The van der Waals surface area contributed by atoms with Gasteiger partial charge >= 0.3 is 0 Å². The van der Waals surface area contributed by atoms with E-state index in [1.807, 2.05) is 19.1 Å². The molecule has 1 aliphatic carbocycles. The molecule has 2 atom stereocenters. The van der Waals surface area contributed by atoms with Crippen molar-refractivity contribution in [3.05, 3.63) is 28.6 Å². The molecule has 1 aromatic carbocycles. The number of nitrogen functional groups attached to an aromatic ring is 1. The van der Waals surface area contributed by atoms with Crippen LogP contribution in [-0.4, -0.2) is 23.7 Å². The molecule has 5 heteroatoms. The standard InChI is InChI=1S/C16H20N2O2S/c1-9-2-5-12-13(6-9)21-15(14(12)17)16(20)18-8-10-3-4-11(19)7-10/h2,5-6,10-11,19H,3-4,7-8,17H2,1H3,(H,18,20). The highest BCUT2D eigenvalue weighted by Gasteiger charge is 2.24. The molecular formula is C16H20N2O2S. The first-order chi connectivity index (χ1) is 10.0. The van der Waals surface area contributed by atoms with Crippen molar-refractivity contribution in [2.75, 3.05) is 12.3 Å². The van der Waals surface area contributed by atoms with Gasteiger partial charge in [0, 0.05) is 16.6 Å². The fourth-order valence-electron chi connectivity index (χ4n) is 2.94. The lowest BCUT2D eigenvalue weighted by atomic mass is 10.1. The van der Waals surface area contributed by atoms with Gasteiger partial charge in [-0.3, -0.25) is 4.79 Å². The van der Waals surface area contributed by atoms with Crippen LogP contribution < -0.4 is 11.1 Å². The summed E-state index contributed by atoms with van der Waals surface area (Å²) in [6.45, 7) is 2.64. The van der Waals surface area contributed by atoms with Crippen molar-refractivity contribution >= 4 is 33.0 Å². The molecule has 4 N–H and O–H groups in total. The topological polar surface area (TPSA) is 75.4 Å². The molecule has 1 fully saturated rings. The zero-order valence-corrected chi connectivity index (χ0v) is 12.9. The number of hydrogen-bond acceptors (Lipinski definition) is 4. The maximum atomic E-state index is 12.3. The zero-order chi connectivity index (χ0) is 15.0. The minimum atomic E-state index is -0.204. The summed E-state index contributed by atoms with van der Waals surface area (Å²) in [4.78, 5) is 12.9. The van der Waals surface area contributed by atoms with Crippen LogP contribution in [0.25, 0.3) is 10.1 Å². The molecule has 2 aromatic rings. The van der Waals surface area contributed by atoms with Gasteiger partial charge in [0.2, 0.25) is 0 Å². The van der Waals surface area contributed by atoms with Gasteiger partial charge < -0.3 is 16.2 Å². The highest BCUT2D eigenvalue weighted by atomic mass is 32.1. The minimum absolute atomic E-state index is 0.104. The van der Waals surface area contributed by atoms with E-state index in [9.17, 15) is 9.90 Å². The van der Waals surface area contributed by atoms with Crippen molar-refractivity contribution in [3.63, 3.8) is 0 Å². The molecular weight excluding hydrogens is 284 g/mol. The van der Waals surface area contributed by atoms with Gasteiger partial charge in [0.15, 0.2) is 0 Å². The van der Waals surface area contributed by atoms with Gasteiger partial charge in [0.25, 0.3) is 5.91 Å². The number of hydrogen-bond donors (Lipinski definition) is 3. The number of aliphatic hydroxyl groups is 1. The van der Waals surface area contributed by atoms with E-state index in [0.29, 0.717) is 23.0 Å². The van der Waals surface area contributed by atoms with Gasteiger partial charge in [0.1, 0.15) is 4.88 Å². The molecule has 0 saturated heterocycles. The lowest BCUT2D eigenvalue weighted by molar-refractivity contribution is 0.0950. The largest absolute Gasteiger partial charge is 0.397 e. The quantitative estimate of drug-likeness (QED) is 0.816. The lowest BCUT2D eigenvalue weighted by Crippen LogP contribution is -2.28. The van der Waals surface area contributed by atoms with Crippen molar-refractivity contribution in [1.29, 1.82) is 0 Å². The summed E-state index contributed by atoms with van der Waals surface area (Å²) < 4.78 is 1.05. The number of carbonyl (C=O) groups excluding carboxylic acids is 1. The summed E-state index contributed by atoms with van der Waals surface area (Å²) in [5.41, 5.74) is 7.84. The highest BCUT2D eigenvalue weighted by molar-refractivity contribution is 7.21. The Bertz CT molecular complexity index is 680. The molecule has 1 amide bonds. The Labute approximate surface area is 128 Å². The fourth-order valence-corrected chi connectivity index (χ4v) is 4.08.